The minimum atomic E-state index is 0.126. The minimum Gasteiger partial charge on any atom is -0.376 e. The zero-order valence-electron chi connectivity index (χ0n) is 18.4. The Labute approximate surface area is 183 Å². The van der Waals surface area contributed by atoms with Gasteiger partial charge in [-0.15, -0.1) is 10.2 Å². The molecule has 1 aliphatic heterocycles. The van der Waals surface area contributed by atoms with Crippen molar-refractivity contribution in [3.05, 3.63) is 60.2 Å². The Kier molecular flexibility index (Phi) is 7.14. The number of fused-ring (bicyclic) bond motifs is 1. The van der Waals surface area contributed by atoms with E-state index in [0.717, 1.165) is 50.7 Å². The number of aryl methyl sites for hydroxylation is 1. The highest BCUT2D eigenvalue weighted by atomic mass is 16.5. The lowest BCUT2D eigenvalue weighted by atomic mass is 10.0. The van der Waals surface area contributed by atoms with Gasteiger partial charge in [-0.05, 0) is 42.2 Å². The number of aromatic nitrogens is 3. The Hall–Kier alpha value is -2.93. The second-order valence-corrected chi connectivity index (χ2v) is 8.02. The lowest BCUT2D eigenvalue weighted by Gasteiger charge is -2.20. The van der Waals surface area contributed by atoms with Crippen molar-refractivity contribution in [2.24, 2.45) is 4.99 Å². The average molecular weight is 421 g/mol. The molecule has 0 bridgehead atoms. The average Bonchev–Trinajstić information content (AvgIpc) is 3.48. The number of hydrogen-bond donors (Lipinski definition) is 2. The molecule has 164 valence electrons. The van der Waals surface area contributed by atoms with E-state index in [4.69, 9.17) is 9.73 Å². The van der Waals surface area contributed by atoms with Crippen molar-refractivity contribution >= 4 is 16.7 Å². The molecule has 4 rings (SSSR count). The van der Waals surface area contributed by atoms with Crippen LogP contribution in [0, 0.1) is 0 Å². The van der Waals surface area contributed by atoms with E-state index in [1.807, 2.05) is 0 Å². The van der Waals surface area contributed by atoms with Gasteiger partial charge in [0.15, 0.2) is 5.96 Å². The van der Waals surface area contributed by atoms with E-state index >= 15 is 0 Å². The van der Waals surface area contributed by atoms with Crippen molar-refractivity contribution in [3.63, 3.8) is 0 Å². The molecule has 0 amide bonds. The van der Waals surface area contributed by atoms with E-state index in [2.05, 4.69) is 81.7 Å². The second-order valence-electron chi connectivity index (χ2n) is 8.02. The molecule has 0 radical (unpaired) electrons. The highest BCUT2D eigenvalue weighted by Gasteiger charge is 2.16. The summed E-state index contributed by atoms with van der Waals surface area (Å²) >= 11 is 0. The lowest BCUT2D eigenvalue weighted by molar-refractivity contribution is 0.117. The molecule has 1 fully saturated rings. The van der Waals surface area contributed by atoms with Gasteiger partial charge in [-0.3, -0.25) is 4.99 Å². The van der Waals surface area contributed by atoms with Crippen molar-refractivity contribution in [3.8, 4) is 0 Å². The zero-order valence-corrected chi connectivity index (χ0v) is 18.4. The number of aliphatic imine (C=N–C) groups is 1. The van der Waals surface area contributed by atoms with Gasteiger partial charge >= 0.3 is 0 Å². The van der Waals surface area contributed by atoms with Crippen LogP contribution < -0.4 is 10.6 Å². The quantitative estimate of drug-likeness (QED) is 0.431. The van der Waals surface area contributed by atoms with E-state index in [-0.39, 0.29) is 12.1 Å². The number of rotatable bonds is 8. The van der Waals surface area contributed by atoms with E-state index < -0.39 is 0 Å². The van der Waals surface area contributed by atoms with Crippen LogP contribution in [-0.2, 0) is 17.7 Å². The molecule has 31 heavy (non-hydrogen) atoms. The van der Waals surface area contributed by atoms with Crippen LogP contribution in [0.25, 0.3) is 10.8 Å². The Morgan fingerprint density at radius 3 is 2.94 bits per heavy atom. The zero-order chi connectivity index (χ0) is 21.5. The maximum absolute atomic E-state index is 5.75. The van der Waals surface area contributed by atoms with Crippen LogP contribution in [-0.4, -0.2) is 46.5 Å². The molecule has 2 N–H and O–H groups in total. The molecular weight excluding hydrogens is 388 g/mol. The summed E-state index contributed by atoms with van der Waals surface area (Å²) in [6.07, 6.45) is 5.08. The molecular formula is C24H32N6O. The second kappa shape index (κ2) is 10.4. The van der Waals surface area contributed by atoms with Crippen molar-refractivity contribution in [2.45, 2.75) is 51.8 Å². The largest absolute Gasteiger partial charge is 0.376 e. The van der Waals surface area contributed by atoms with E-state index in [1.54, 1.807) is 6.33 Å². The third kappa shape index (κ3) is 5.61. The molecule has 2 atom stereocenters. The fourth-order valence-corrected chi connectivity index (χ4v) is 3.93. The summed E-state index contributed by atoms with van der Waals surface area (Å²) in [7, 11) is 0. The molecule has 2 aromatic carbocycles. The first-order valence-electron chi connectivity index (χ1n) is 11.2. The lowest BCUT2D eigenvalue weighted by Crippen LogP contribution is -2.40. The Morgan fingerprint density at radius 2 is 2.13 bits per heavy atom. The summed E-state index contributed by atoms with van der Waals surface area (Å²) in [6, 6.07) is 15.2. The monoisotopic (exact) mass is 420 g/mol. The third-order valence-corrected chi connectivity index (χ3v) is 5.76. The summed E-state index contributed by atoms with van der Waals surface area (Å²) in [6.45, 7) is 7.31. The maximum Gasteiger partial charge on any atom is 0.191 e. The van der Waals surface area contributed by atoms with Crippen molar-refractivity contribution in [1.29, 1.82) is 0 Å². The molecule has 0 aliphatic carbocycles. The van der Waals surface area contributed by atoms with E-state index in [9.17, 15) is 0 Å². The summed E-state index contributed by atoms with van der Waals surface area (Å²) in [5.41, 5.74) is 1.23. The predicted octanol–water partition coefficient (Wildman–Crippen LogP) is 3.47. The Bertz CT molecular complexity index is 1010. The molecule has 7 nitrogen and oxygen atoms in total. The Morgan fingerprint density at radius 1 is 1.26 bits per heavy atom. The third-order valence-electron chi connectivity index (χ3n) is 5.76. The molecule has 2 unspecified atom stereocenters. The number of nitrogens with one attached hydrogen (secondary N) is 2. The highest BCUT2D eigenvalue weighted by molar-refractivity contribution is 5.84. The van der Waals surface area contributed by atoms with Gasteiger partial charge in [0, 0.05) is 26.1 Å². The summed E-state index contributed by atoms with van der Waals surface area (Å²) in [5.74, 6) is 1.81. The van der Waals surface area contributed by atoms with Gasteiger partial charge in [-0.2, -0.15) is 0 Å². The van der Waals surface area contributed by atoms with E-state index in [1.165, 1.54) is 16.3 Å². The fourth-order valence-electron chi connectivity index (χ4n) is 3.93. The maximum atomic E-state index is 5.75. The SMILES string of the molecule is CCc1nncn1CCNC(=NCC1CCCO1)NC(C)c1ccc2ccccc2c1. The van der Waals surface area contributed by atoms with Crippen LogP contribution >= 0.6 is 0 Å². The van der Waals surface area contributed by atoms with E-state index in [0.29, 0.717) is 6.54 Å². The number of hydrogen-bond acceptors (Lipinski definition) is 4. The molecule has 1 aromatic heterocycles. The van der Waals surface area contributed by atoms with Crippen LogP contribution in [0.3, 0.4) is 0 Å². The molecule has 0 spiro atoms. The molecule has 0 saturated carbocycles. The van der Waals surface area contributed by atoms with Crippen LogP contribution in [0.1, 0.15) is 44.1 Å². The van der Waals surface area contributed by atoms with Crippen LogP contribution in [0.5, 0.6) is 0 Å². The first-order valence-corrected chi connectivity index (χ1v) is 11.2. The summed E-state index contributed by atoms with van der Waals surface area (Å²) in [4.78, 5) is 4.82. The highest BCUT2D eigenvalue weighted by Crippen LogP contribution is 2.20. The molecule has 2 heterocycles. The number of benzene rings is 2. The minimum absolute atomic E-state index is 0.126. The first-order chi connectivity index (χ1) is 15.2. The first kappa shape index (κ1) is 21.3. The van der Waals surface area contributed by atoms with Crippen molar-refractivity contribution < 1.29 is 4.74 Å². The standard InChI is InChI=1S/C24H32N6O/c1-3-23-29-27-17-30(23)13-12-25-24(26-16-22-9-6-14-31-22)28-18(2)20-11-10-19-7-4-5-8-21(19)15-20/h4-5,7-8,10-11,15,17-18,22H,3,6,9,12-14,16H2,1-2H3,(H2,25,26,28). The van der Waals surface area contributed by atoms with Crippen molar-refractivity contribution in [2.75, 3.05) is 19.7 Å². The van der Waals surface area contributed by atoms with Crippen LogP contribution in [0.15, 0.2) is 53.8 Å². The van der Waals surface area contributed by atoms with Gasteiger partial charge in [0.25, 0.3) is 0 Å². The van der Waals surface area contributed by atoms with Gasteiger partial charge in [0.1, 0.15) is 12.2 Å². The Balaban J connectivity index is 1.42. The van der Waals surface area contributed by atoms with Crippen LogP contribution in [0.2, 0.25) is 0 Å². The summed E-state index contributed by atoms with van der Waals surface area (Å²) < 4.78 is 7.83. The topological polar surface area (TPSA) is 76.4 Å². The fraction of sp³-hybridized carbons (Fsp3) is 0.458. The molecule has 3 aromatic rings. The number of ether oxygens (including phenoxy) is 1. The molecule has 7 heteroatoms. The van der Waals surface area contributed by atoms with Crippen molar-refractivity contribution in [1.82, 2.24) is 25.4 Å². The van der Waals surface area contributed by atoms with Crippen LogP contribution in [0.4, 0.5) is 0 Å². The predicted molar refractivity (Wildman–Crippen MR) is 124 cm³/mol. The molecule has 1 saturated heterocycles. The normalized spacial score (nSPS) is 17.7. The van der Waals surface area contributed by atoms with Gasteiger partial charge in [0.05, 0.1) is 18.7 Å². The van der Waals surface area contributed by atoms with Gasteiger partial charge in [-0.25, -0.2) is 0 Å². The number of guanidine groups is 1. The van der Waals surface area contributed by atoms with Gasteiger partial charge < -0.3 is 19.9 Å². The van der Waals surface area contributed by atoms with Gasteiger partial charge in [0.2, 0.25) is 0 Å². The van der Waals surface area contributed by atoms with Gasteiger partial charge in [-0.1, -0.05) is 43.3 Å². The summed E-state index contributed by atoms with van der Waals surface area (Å²) in [5, 5.41) is 17.7. The smallest absolute Gasteiger partial charge is 0.191 e. The molecule has 1 aliphatic rings. The number of nitrogens with zero attached hydrogens (tertiary/aromatic N) is 4.